The predicted molar refractivity (Wildman–Crippen MR) is 95.9 cm³/mol. The van der Waals surface area contributed by atoms with Crippen molar-refractivity contribution in [2.75, 3.05) is 7.11 Å². The van der Waals surface area contributed by atoms with Crippen molar-refractivity contribution in [2.24, 2.45) is 0 Å². The lowest BCUT2D eigenvalue weighted by molar-refractivity contribution is -0.0199. The second kappa shape index (κ2) is 14.6. The summed E-state index contributed by atoms with van der Waals surface area (Å²) in [5.74, 6) is 0. The van der Waals surface area contributed by atoms with Crippen molar-refractivity contribution in [3.05, 3.63) is 12.7 Å². The Kier molecular flexibility index (Phi) is 14.4. The van der Waals surface area contributed by atoms with Crippen LogP contribution in [0.3, 0.4) is 0 Å². The highest BCUT2D eigenvalue weighted by atomic mass is 16.5. The first-order valence-electron chi connectivity index (χ1n) is 9.40. The Morgan fingerprint density at radius 3 is 1.67 bits per heavy atom. The molecule has 0 aliphatic heterocycles. The van der Waals surface area contributed by atoms with Gasteiger partial charge < -0.3 is 4.74 Å². The zero-order chi connectivity index (χ0) is 15.8. The monoisotopic (exact) mass is 296 g/mol. The van der Waals surface area contributed by atoms with E-state index < -0.39 is 0 Å². The lowest BCUT2D eigenvalue weighted by atomic mass is 9.89. The van der Waals surface area contributed by atoms with Crippen LogP contribution in [0, 0.1) is 0 Å². The van der Waals surface area contributed by atoms with Crippen LogP contribution in [0.15, 0.2) is 12.7 Å². The molecule has 0 radical (unpaired) electrons. The Labute approximate surface area is 134 Å². The molecular weight excluding hydrogens is 256 g/mol. The molecule has 1 atom stereocenters. The average Bonchev–Trinajstić information content (AvgIpc) is 2.51. The molecule has 0 N–H and O–H groups in total. The zero-order valence-corrected chi connectivity index (χ0v) is 15.1. The molecule has 1 unspecified atom stereocenters. The van der Waals surface area contributed by atoms with Gasteiger partial charge in [-0.2, -0.15) is 0 Å². The van der Waals surface area contributed by atoms with E-state index in [-0.39, 0.29) is 5.60 Å². The topological polar surface area (TPSA) is 9.23 Å². The van der Waals surface area contributed by atoms with Crippen LogP contribution in [0.25, 0.3) is 0 Å². The first kappa shape index (κ1) is 20.7. The van der Waals surface area contributed by atoms with Gasteiger partial charge in [-0.3, -0.25) is 0 Å². The highest BCUT2D eigenvalue weighted by Gasteiger charge is 2.25. The third-order valence-electron chi connectivity index (χ3n) is 4.83. The van der Waals surface area contributed by atoms with Crippen molar-refractivity contribution in [2.45, 2.75) is 109 Å². The molecule has 0 saturated heterocycles. The summed E-state index contributed by atoms with van der Waals surface area (Å²) in [7, 11) is 1.85. The first-order valence-corrected chi connectivity index (χ1v) is 9.40. The summed E-state index contributed by atoms with van der Waals surface area (Å²) >= 11 is 0. The fraction of sp³-hybridized carbons (Fsp3) is 0.900. The molecule has 1 nitrogen and oxygen atoms in total. The van der Waals surface area contributed by atoms with Crippen molar-refractivity contribution in [3.63, 3.8) is 0 Å². The van der Waals surface area contributed by atoms with Gasteiger partial charge in [0.1, 0.15) is 0 Å². The summed E-state index contributed by atoms with van der Waals surface area (Å²) in [5, 5.41) is 0. The Morgan fingerprint density at radius 2 is 1.29 bits per heavy atom. The van der Waals surface area contributed by atoms with E-state index in [1.807, 2.05) is 13.2 Å². The molecule has 0 aromatic heterocycles. The van der Waals surface area contributed by atoms with Gasteiger partial charge in [-0.05, 0) is 19.3 Å². The maximum absolute atomic E-state index is 5.75. The SMILES string of the molecule is C=CCC(CC)(CCCCCCCCCCCCC)OC. The third kappa shape index (κ3) is 11.0. The highest BCUT2D eigenvalue weighted by molar-refractivity contribution is 4.87. The summed E-state index contributed by atoms with van der Waals surface area (Å²) in [6.07, 6.45) is 20.7. The minimum atomic E-state index is 0.0566. The molecule has 126 valence electrons. The number of unbranched alkanes of at least 4 members (excludes halogenated alkanes) is 10. The lowest BCUT2D eigenvalue weighted by Gasteiger charge is -2.30. The van der Waals surface area contributed by atoms with Crippen LogP contribution < -0.4 is 0 Å². The second-order valence-corrected chi connectivity index (χ2v) is 6.52. The van der Waals surface area contributed by atoms with Crippen LogP contribution in [0.2, 0.25) is 0 Å². The van der Waals surface area contributed by atoms with E-state index in [0.717, 1.165) is 12.8 Å². The fourth-order valence-corrected chi connectivity index (χ4v) is 3.13. The van der Waals surface area contributed by atoms with Crippen molar-refractivity contribution < 1.29 is 4.74 Å². The number of hydrogen-bond donors (Lipinski definition) is 0. The largest absolute Gasteiger partial charge is 0.378 e. The van der Waals surface area contributed by atoms with E-state index in [0.29, 0.717) is 0 Å². The molecule has 0 bridgehead atoms. The standard InChI is InChI=1S/C20H40O/c1-5-8-9-10-11-12-13-14-15-16-17-19-20(7-3,21-4)18-6-2/h6H,2,5,7-19H2,1,3-4H3. The van der Waals surface area contributed by atoms with Gasteiger partial charge in [-0.1, -0.05) is 90.6 Å². The minimum Gasteiger partial charge on any atom is -0.378 e. The van der Waals surface area contributed by atoms with E-state index in [1.165, 1.54) is 77.0 Å². The van der Waals surface area contributed by atoms with Crippen LogP contribution >= 0.6 is 0 Å². The normalized spacial score (nSPS) is 14.0. The second-order valence-electron chi connectivity index (χ2n) is 6.52. The molecule has 1 heteroatoms. The Hall–Kier alpha value is -0.300. The van der Waals surface area contributed by atoms with E-state index in [4.69, 9.17) is 4.74 Å². The van der Waals surface area contributed by atoms with Gasteiger partial charge in [-0.25, -0.2) is 0 Å². The molecule has 0 heterocycles. The quantitative estimate of drug-likeness (QED) is 0.219. The van der Waals surface area contributed by atoms with Gasteiger partial charge >= 0.3 is 0 Å². The van der Waals surface area contributed by atoms with Crippen molar-refractivity contribution in [1.29, 1.82) is 0 Å². The van der Waals surface area contributed by atoms with Gasteiger partial charge in [0, 0.05) is 7.11 Å². The number of ether oxygens (including phenoxy) is 1. The first-order chi connectivity index (χ1) is 10.2. The Morgan fingerprint density at radius 1 is 0.810 bits per heavy atom. The number of hydrogen-bond acceptors (Lipinski definition) is 1. The molecular formula is C20H40O. The van der Waals surface area contributed by atoms with E-state index in [2.05, 4.69) is 20.4 Å². The molecule has 0 saturated carbocycles. The van der Waals surface area contributed by atoms with E-state index in [9.17, 15) is 0 Å². The summed E-state index contributed by atoms with van der Waals surface area (Å²) < 4.78 is 5.75. The lowest BCUT2D eigenvalue weighted by Crippen LogP contribution is -2.29. The molecule has 0 aliphatic rings. The van der Waals surface area contributed by atoms with E-state index >= 15 is 0 Å². The molecule has 21 heavy (non-hydrogen) atoms. The van der Waals surface area contributed by atoms with Crippen molar-refractivity contribution in [1.82, 2.24) is 0 Å². The third-order valence-corrected chi connectivity index (χ3v) is 4.83. The average molecular weight is 297 g/mol. The molecule has 0 aliphatic carbocycles. The molecule has 0 rings (SSSR count). The van der Waals surface area contributed by atoms with E-state index in [1.54, 1.807) is 0 Å². The number of methoxy groups -OCH3 is 1. The van der Waals surface area contributed by atoms with Crippen LogP contribution in [-0.2, 0) is 4.74 Å². The summed E-state index contributed by atoms with van der Waals surface area (Å²) in [6.45, 7) is 8.38. The van der Waals surface area contributed by atoms with Crippen molar-refractivity contribution >= 4 is 0 Å². The zero-order valence-electron chi connectivity index (χ0n) is 15.1. The molecule has 0 aromatic rings. The van der Waals surface area contributed by atoms with Gasteiger partial charge in [0.05, 0.1) is 5.60 Å². The Bertz CT molecular complexity index is 218. The molecule has 0 aromatic carbocycles. The maximum Gasteiger partial charge on any atom is 0.0710 e. The smallest absolute Gasteiger partial charge is 0.0710 e. The fourth-order valence-electron chi connectivity index (χ4n) is 3.13. The minimum absolute atomic E-state index is 0.0566. The van der Waals surface area contributed by atoms with Crippen LogP contribution in [0.1, 0.15) is 104 Å². The predicted octanol–water partition coefficient (Wildman–Crippen LogP) is 7.06. The molecule has 0 spiro atoms. The maximum atomic E-state index is 5.75. The molecule has 0 amide bonds. The number of rotatable bonds is 16. The summed E-state index contributed by atoms with van der Waals surface area (Å²) in [5.41, 5.74) is 0.0566. The van der Waals surface area contributed by atoms with Crippen LogP contribution in [-0.4, -0.2) is 12.7 Å². The van der Waals surface area contributed by atoms with Gasteiger partial charge in [0.15, 0.2) is 0 Å². The van der Waals surface area contributed by atoms with Crippen LogP contribution in [0.4, 0.5) is 0 Å². The van der Waals surface area contributed by atoms with Crippen LogP contribution in [0.5, 0.6) is 0 Å². The highest BCUT2D eigenvalue weighted by Crippen LogP contribution is 2.27. The molecule has 0 fully saturated rings. The van der Waals surface area contributed by atoms with Gasteiger partial charge in [0.2, 0.25) is 0 Å². The summed E-state index contributed by atoms with van der Waals surface area (Å²) in [4.78, 5) is 0. The van der Waals surface area contributed by atoms with Crippen molar-refractivity contribution in [3.8, 4) is 0 Å². The van der Waals surface area contributed by atoms with Gasteiger partial charge in [0.25, 0.3) is 0 Å². The summed E-state index contributed by atoms with van der Waals surface area (Å²) in [6, 6.07) is 0. The Balaban J connectivity index is 3.44. The van der Waals surface area contributed by atoms with Gasteiger partial charge in [-0.15, -0.1) is 6.58 Å².